The number of hydrogen-bond donors (Lipinski definition) is 0. The van der Waals surface area contributed by atoms with Gasteiger partial charge in [-0.25, -0.2) is 0 Å². The summed E-state index contributed by atoms with van der Waals surface area (Å²) in [7, 11) is 1.53. The number of fused-ring (bicyclic) bond motifs is 2. The Hall–Kier alpha value is -3.65. The molecule has 3 aromatic rings. The van der Waals surface area contributed by atoms with Crippen molar-refractivity contribution < 1.29 is 9.53 Å². The largest absolute Gasteiger partial charge is 0.469 e. The maximum Gasteiger partial charge on any atom is 0.308 e. The van der Waals surface area contributed by atoms with E-state index in [9.17, 15) is 4.79 Å². The van der Waals surface area contributed by atoms with Crippen molar-refractivity contribution in [2.75, 3.05) is 7.11 Å². The molecule has 0 aliphatic heterocycles. The normalized spacial score (nSPS) is 23.8. The molecule has 0 amide bonds. The molecule has 2 unspecified atom stereocenters. The minimum Gasteiger partial charge on any atom is -0.469 e. The standard InChI is InChI=1S/C44H50O2.C5H12/c1-26(2)19-39-28(4)20-37-23-36(25-41(37)43(39)32-9-7-27(3)8-10-32)34-17-18-38-29(5)21-40(42(38)24-34)31-13-11-30(12-14-31)33-15-16-35(22-33)44(45)46-6;1-5(2,3)4/h7-10,17-18,20-21,23-24,29-31,33,35H,1,11-16,19,22,25H2,2-6H3;1-4H3/t29?,30?,31?,33-,35?;/m1./s1. The summed E-state index contributed by atoms with van der Waals surface area (Å²) in [5.74, 6) is 2.70. The van der Waals surface area contributed by atoms with Gasteiger partial charge in [-0.15, -0.1) is 0 Å². The van der Waals surface area contributed by atoms with Crippen LogP contribution in [0.15, 0.2) is 66.8 Å². The van der Waals surface area contributed by atoms with Crippen LogP contribution in [0.5, 0.6) is 0 Å². The Morgan fingerprint density at radius 2 is 1.53 bits per heavy atom. The van der Waals surface area contributed by atoms with E-state index in [-0.39, 0.29) is 11.9 Å². The third-order valence-corrected chi connectivity index (χ3v) is 11.9. The van der Waals surface area contributed by atoms with Crippen molar-refractivity contribution in [3.8, 4) is 11.1 Å². The van der Waals surface area contributed by atoms with Gasteiger partial charge in [0.05, 0.1) is 13.0 Å². The van der Waals surface area contributed by atoms with Crippen molar-refractivity contribution in [2.45, 2.75) is 119 Å². The second kappa shape index (κ2) is 15.1. The van der Waals surface area contributed by atoms with Crippen LogP contribution in [0.1, 0.15) is 137 Å². The molecule has 4 aliphatic carbocycles. The molecule has 2 nitrogen and oxygen atoms in total. The first-order valence-electron chi connectivity index (χ1n) is 19.7. The maximum absolute atomic E-state index is 12.1. The fourth-order valence-corrected chi connectivity index (χ4v) is 9.40. The van der Waals surface area contributed by atoms with Gasteiger partial charge in [-0.05, 0) is 169 Å². The van der Waals surface area contributed by atoms with E-state index in [1.54, 1.807) is 5.57 Å². The zero-order chi connectivity index (χ0) is 36.6. The van der Waals surface area contributed by atoms with Gasteiger partial charge >= 0.3 is 5.97 Å². The highest BCUT2D eigenvalue weighted by molar-refractivity contribution is 5.94. The van der Waals surface area contributed by atoms with E-state index in [4.69, 9.17) is 4.74 Å². The van der Waals surface area contributed by atoms with Gasteiger partial charge in [0.15, 0.2) is 0 Å². The summed E-state index contributed by atoms with van der Waals surface area (Å²) >= 11 is 0. The molecule has 0 heterocycles. The summed E-state index contributed by atoms with van der Waals surface area (Å²) in [4.78, 5) is 12.1. The quantitative estimate of drug-likeness (QED) is 0.183. The number of hydrogen-bond acceptors (Lipinski definition) is 2. The molecule has 0 bridgehead atoms. The molecule has 0 radical (unpaired) electrons. The minimum atomic E-state index is 0.00276. The Bertz CT molecular complexity index is 1830. The Morgan fingerprint density at radius 3 is 2.18 bits per heavy atom. The summed E-state index contributed by atoms with van der Waals surface area (Å²) in [6, 6.07) is 18.8. The molecule has 270 valence electrons. The molecule has 2 saturated carbocycles. The number of carbonyl (C=O) groups excluding carboxylic acids is 1. The summed E-state index contributed by atoms with van der Waals surface area (Å²) in [6.45, 7) is 22.0. The minimum absolute atomic E-state index is 0.00276. The van der Waals surface area contributed by atoms with Crippen LogP contribution in [0.3, 0.4) is 0 Å². The van der Waals surface area contributed by atoms with Crippen LogP contribution in [-0.4, -0.2) is 13.1 Å². The van der Waals surface area contributed by atoms with Crippen molar-refractivity contribution in [3.63, 3.8) is 0 Å². The van der Waals surface area contributed by atoms with Crippen LogP contribution < -0.4 is 0 Å². The fourth-order valence-electron chi connectivity index (χ4n) is 9.40. The second-order valence-corrected chi connectivity index (χ2v) is 18.1. The van der Waals surface area contributed by atoms with E-state index in [2.05, 4.69) is 123 Å². The van der Waals surface area contributed by atoms with Crippen LogP contribution >= 0.6 is 0 Å². The lowest BCUT2D eigenvalue weighted by Gasteiger charge is -2.33. The second-order valence-electron chi connectivity index (χ2n) is 18.1. The Morgan fingerprint density at radius 1 is 0.882 bits per heavy atom. The smallest absolute Gasteiger partial charge is 0.308 e. The number of ether oxygens (including phenoxy) is 1. The van der Waals surface area contributed by atoms with Gasteiger partial charge in [-0.3, -0.25) is 4.79 Å². The van der Waals surface area contributed by atoms with E-state index in [0.29, 0.717) is 23.2 Å². The molecular formula is C49H62O2. The van der Waals surface area contributed by atoms with Gasteiger partial charge in [0, 0.05) is 5.92 Å². The molecule has 0 aromatic heterocycles. The zero-order valence-corrected chi connectivity index (χ0v) is 33.0. The lowest BCUT2D eigenvalue weighted by molar-refractivity contribution is -0.145. The number of esters is 1. The van der Waals surface area contributed by atoms with E-state index in [1.807, 2.05) is 0 Å². The number of carbonyl (C=O) groups is 1. The van der Waals surface area contributed by atoms with Crippen LogP contribution in [0.2, 0.25) is 0 Å². The van der Waals surface area contributed by atoms with Gasteiger partial charge in [0.2, 0.25) is 0 Å². The first kappa shape index (κ1) is 37.1. The van der Waals surface area contributed by atoms with Crippen molar-refractivity contribution in [1.29, 1.82) is 0 Å². The number of aryl methyl sites for hydroxylation is 2. The number of allylic oxidation sites excluding steroid dienone is 4. The van der Waals surface area contributed by atoms with Gasteiger partial charge < -0.3 is 4.74 Å². The van der Waals surface area contributed by atoms with Gasteiger partial charge in [-0.1, -0.05) is 107 Å². The molecule has 3 atom stereocenters. The summed E-state index contributed by atoms with van der Waals surface area (Å²) in [6.07, 6.45) is 15.3. The lowest BCUT2D eigenvalue weighted by atomic mass is 9.72. The van der Waals surface area contributed by atoms with Crippen molar-refractivity contribution in [3.05, 3.63) is 111 Å². The zero-order valence-electron chi connectivity index (χ0n) is 33.0. The van der Waals surface area contributed by atoms with Gasteiger partial charge in [-0.2, -0.15) is 0 Å². The average Bonchev–Trinajstić information content (AvgIpc) is 3.82. The molecule has 2 heteroatoms. The number of benzene rings is 3. The predicted octanol–water partition coefficient (Wildman–Crippen LogP) is 13.1. The fraction of sp³-hybridized carbons (Fsp3) is 0.490. The monoisotopic (exact) mass is 682 g/mol. The molecule has 0 spiro atoms. The van der Waals surface area contributed by atoms with E-state index >= 15 is 0 Å². The van der Waals surface area contributed by atoms with Crippen LogP contribution in [0.25, 0.3) is 28.3 Å². The van der Waals surface area contributed by atoms with E-state index < -0.39 is 0 Å². The van der Waals surface area contributed by atoms with Crippen LogP contribution in [0, 0.1) is 42.9 Å². The molecule has 51 heavy (non-hydrogen) atoms. The highest BCUT2D eigenvalue weighted by Crippen LogP contribution is 2.50. The molecule has 4 aliphatic rings. The highest BCUT2D eigenvalue weighted by Gasteiger charge is 2.38. The van der Waals surface area contributed by atoms with Crippen LogP contribution in [-0.2, 0) is 22.4 Å². The Labute approximate surface area is 309 Å². The molecular weight excluding hydrogens is 621 g/mol. The molecule has 2 fully saturated rings. The maximum atomic E-state index is 12.1. The third-order valence-electron chi connectivity index (χ3n) is 11.9. The Kier molecular flexibility index (Phi) is 11.0. The molecule has 0 saturated heterocycles. The Balaban J connectivity index is 0.000000839. The van der Waals surface area contributed by atoms with E-state index in [0.717, 1.165) is 31.6 Å². The van der Waals surface area contributed by atoms with Crippen LogP contribution in [0.4, 0.5) is 0 Å². The average molecular weight is 683 g/mol. The third kappa shape index (κ3) is 8.37. The predicted molar refractivity (Wildman–Crippen MR) is 218 cm³/mol. The van der Waals surface area contributed by atoms with Gasteiger partial charge in [0.1, 0.15) is 0 Å². The molecule has 7 rings (SSSR count). The first-order chi connectivity index (χ1) is 24.2. The SMILES string of the molecule is C=C(C)Cc1c(C)cc2c(c1-c1ccc(C)cc1)CC(c1ccc3c(c1)C(C1CCC([C@@H]4CCC(C(=O)OC)C4)CC1)=CC3C)=C2.CC(C)(C)C. The van der Waals surface area contributed by atoms with Crippen molar-refractivity contribution in [2.24, 2.45) is 29.1 Å². The molecule has 0 N–H and O–H groups in total. The van der Waals surface area contributed by atoms with Crippen molar-refractivity contribution >= 4 is 23.2 Å². The van der Waals surface area contributed by atoms with Gasteiger partial charge in [0.25, 0.3) is 0 Å². The topological polar surface area (TPSA) is 26.3 Å². The summed E-state index contributed by atoms with van der Waals surface area (Å²) in [5, 5.41) is 0. The number of rotatable bonds is 7. The summed E-state index contributed by atoms with van der Waals surface area (Å²) < 4.78 is 5.06. The number of methoxy groups -OCH3 is 1. The highest BCUT2D eigenvalue weighted by atomic mass is 16.5. The summed E-state index contributed by atoms with van der Waals surface area (Å²) in [5.41, 5.74) is 18.7. The molecule has 3 aromatic carbocycles. The van der Waals surface area contributed by atoms with E-state index in [1.165, 1.54) is 106 Å². The first-order valence-corrected chi connectivity index (χ1v) is 19.7. The van der Waals surface area contributed by atoms with Crippen molar-refractivity contribution in [1.82, 2.24) is 0 Å². The lowest BCUT2D eigenvalue weighted by Crippen LogP contribution is -2.22.